The zero-order chi connectivity index (χ0) is 14.7. The number of aryl methyl sites for hydroxylation is 2. The highest BCUT2D eigenvalue weighted by molar-refractivity contribution is 5.37. The Hall–Kier alpha value is -1.87. The minimum atomic E-state index is -0.245. The number of benzene rings is 2. The van der Waals surface area contributed by atoms with E-state index >= 15 is 0 Å². The first-order valence-corrected chi connectivity index (χ1v) is 7.48. The average Bonchev–Trinajstić information content (AvgIpc) is 2.54. The van der Waals surface area contributed by atoms with Crippen molar-refractivity contribution in [3.63, 3.8) is 0 Å². The minimum Gasteiger partial charge on any atom is -0.489 e. The lowest BCUT2D eigenvalue weighted by Crippen LogP contribution is -2.05. The van der Waals surface area contributed by atoms with Crippen LogP contribution in [0.1, 0.15) is 35.1 Å². The molecule has 0 bridgehead atoms. The summed E-state index contributed by atoms with van der Waals surface area (Å²) in [6, 6.07) is 11.1. The van der Waals surface area contributed by atoms with Crippen LogP contribution in [-0.2, 0) is 26.0 Å². The summed E-state index contributed by atoms with van der Waals surface area (Å²) in [6.07, 6.45) is 4.78. The van der Waals surface area contributed by atoms with Gasteiger partial charge in [-0.2, -0.15) is 0 Å². The maximum Gasteiger partial charge on any atom is 0.129 e. The van der Waals surface area contributed by atoms with Crippen LogP contribution in [0.3, 0.4) is 0 Å². The monoisotopic (exact) mass is 285 g/mol. The number of fused-ring (bicyclic) bond motifs is 1. The van der Waals surface area contributed by atoms with Crippen LogP contribution in [0, 0.1) is 5.82 Å². The molecule has 2 aromatic carbocycles. The Kier molecular flexibility index (Phi) is 4.20. The third-order valence-electron chi connectivity index (χ3n) is 4.06. The summed E-state index contributed by atoms with van der Waals surface area (Å²) in [7, 11) is 0. The molecule has 2 N–H and O–H groups in total. The molecule has 0 radical (unpaired) electrons. The van der Waals surface area contributed by atoms with Crippen molar-refractivity contribution >= 4 is 0 Å². The predicted molar refractivity (Wildman–Crippen MR) is 81.7 cm³/mol. The topological polar surface area (TPSA) is 35.2 Å². The van der Waals surface area contributed by atoms with E-state index < -0.39 is 0 Å². The molecule has 0 aliphatic heterocycles. The Morgan fingerprint density at radius 3 is 2.62 bits per heavy atom. The Labute approximate surface area is 124 Å². The van der Waals surface area contributed by atoms with Crippen LogP contribution >= 0.6 is 0 Å². The zero-order valence-electron chi connectivity index (χ0n) is 12.1. The maximum atomic E-state index is 13.8. The van der Waals surface area contributed by atoms with Crippen LogP contribution in [0.25, 0.3) is 0 Å². The molecule has 3 heteroatoms. The Balaban J connectivity index is 1.73. The Morgan fingerprint density at radius 1 is 1.00 bits per heavy atom. The van der Waals surface area contributed by atoms with Crippen molar-refractivity contribution in [3.8, 4) is 5.75 Å². The van der Waals surface area contributed by atoms with Gasteiger partial charge in [0, 0.05) is 12.1 Å². The van der Waals surface area contributed by atoms with E-state index in [9.17, 15) is 4.39 Å². The van der Waals surface area contributed by atoms with Crippen molar-refractivity contribution in [2.45, 2.75) is 38.8 Å². The molecule has 0 unspecified atom stereocenters. The summed E-state index contributed by atoms with van der Waals surface area (Å²) < 4.78 is 19.5. The first-order chi connectivity index (χ1) is 10.3. The fourth-order valence-corrected chi connectivity index (χ4v) is 2.83. The minimum absolute atomic E-state index is 0.235. The molecule has 0 amide bonds. The van der Waals surface area contributed by atoms with Crippen molar-refractivity contribution in [1.82, 2.24) is 0 Å². The van der Waals surface area contributed by atoms with Gasteiger partial charge in [-0.25, -0.2) is 4.39 Å². The first-order valence-electron chi connectivity index (χ1n) is 7.48. The van der Waals surface area contributed by atoms with E-state index in [1.807, 2.05) is 6.07 Å². The summed E-state index contributed by atoms with van der Waals surface area (Å²) >= 11 is 0. The molecule has 0 atom stereocenters. The predicted octanol–water partition coefficient (Wildman–Crippen LogP) is 3.74. The van der Waals surface area contributed by atoms with Gasteiger partial charge in [0.05, 0.1) is 0 Å². The summed E-state index contributed by atoms with van der Waals surface area (Å²) in [5.74, 6) is 0.568. The molecular weight excluding hydrogens is 265 g/mol. The van der Waals surface area contributed by atoms with Crippen LogP contribution < -0.4 is 10.5 Å². The van der Waals surface area contributed by atoms with E-state index in [0.717, 1.165) is 24.2 Å². The molecule has 3 rings (SSSR count). The second kappa shape index (κ2) is 6.27. The molecule has 0 saturated carbocycles. The van der Waals surface area contributed by atoms with E-state index in [-0.39, 0.29) is 12.4 Å². The first kappa shape index (κ1) is 14.1. The number of ether oxygens (including phenoxy) is 1. The fraction of sp³-hybridized carbons (Fsp3) is 0.333. The summed E-state index contributed by atoms with van der Waals surface area (Å²) in [6.45, 7) is 0.643. The molecule has 1 aliphatic carbocycles. The van der Waals surface area contributed by atoms with Gasteiger partial charge in [-0.1, -0.05) is 12.1 Å². The lowest BCUT2D eigenvalue weighted by Gasteiger charge is -2.17. The Bertz CT molecular complexity index is 639. The smallest absolute Gasteiger partial charge is 0.129 e. The van der Waals surface area contributed by atoms with Gasteiger partial charge < -0.3 is 10.5 Å². The van der Waals surface area contributed by atoms with Crippen molar-refractivity contribution < 1.29 is 9.13 Å². The van der Waals surface area contributed by atoms with Gasteiger partial charge in [0.2, 0.25) is 0 Å². The number of rotatable bonds is 4. The molecule has 0 saturated heterocycles. The number of halogens is 1. The van der Waals surface area contributed by atoms with Crippen LogP contribution in [0.5, 0.6) is 5.75 Å². The van der Waals surface area contributed by atoms with E-state index in [0.29, 0.717) is 12.1 Å². The molecule has 0 spiro atoms. The van der Waals surface area contributed by atoms with E-state index in [1.54, 1.807) is 12.1 Å². The van der Waals surface area contributed by atoms with Crippen LogP contribution in [0.2, 0.25) is 0 Å². The van der Waals surface area contributed by atoms with Crippen molar-refractivity contribution in [2.75, 3.05) is 0 Å². The highest BCUT2D eigenvalue weighted by Gasteiger charge is 2.10. The fourth-order valence-electron chi connectivity index (χ4n) is 2.83. The van der Waals surface area contributed by atoms with Crippen LogP contribution in [0.15, 0.2) is 36.4 Å². The highest BCUT2D eigenvalue weighted by Crippen LogP contribution is 2.26. The van der Waals surface area contributed by atoms with Gasteiger partial charge in [-0.15, -0.1) is 0 Å². The second-order valence-electron chi connectivity index (χ2n) is 5.56. The van der Waals surface area contributed by atoms with Crippen molar-refractivity contribution in [2.24, 2.45) is 5.73 Å². The molecular formula is C18H20FNO. The molecule has 110 valence electrons. The third-order valence-corrected chi connectivity index (χ3v) is 4.06. The Morgan fingerprint density at radius 2 is 1.81 bits per heavy atom. The van der Waals surface area contributed by atoms with Gasteiger partial charge in [0.25, 0.3) is 0 Å². The van der Waals surface area contributed by atoms with Gasteiger partial charge >= 0.3 is 0 Å². The summed E-state index contributed by atoms with van der Waals surface area (Å²) in [5, 5.41) is 0. The molecule has 1 aliphatic rings. The molecule has 2 aromatic rings. The summed E-state index contributed by atoms with van der Waals surface area (Å²) in [5.41, 5.74) is 9.85. The van der Waals surface area contributed by atoms with Crippen LogP contribution in [-0.4, -0.2) is 0 Å². The molecule has 0 heterocycles. The van der Waals surface area contributed by atoms with E-state index in [2.05, 4.69) is 12.1 Å². The van der Waals surface area contributed by atoms with Gasteiger partial charge in [-0.3, -0.25) is 0 Å². The molecule has 21 heavy (non-hydrogen) atoms. The van der Waals surface area contributed by atoms with E-state index in [4.69, 9.17) is 10.5 Å². The lowest BCUT2D eigenvalue weighted by atomic mass is 9.92. The highest BCUT2D eigenvalue weighted by atomic mass is 19.1. The SMILES string of the molecule is NCc1ccc(F)c(COc2ccc3c(c2)CCCC3)c1. The second-order valence-corrected chi connectivity index (χ2v) is 5.56. The number of hydrogen-bond acceptors (Lipinski definition) is 2. The molecule has 0 aromatic heterocycles. The van der Waals surface area contributed by atoms with Crippen LogP contribution in [0.4, 0.5) is 4.39 Å². The molecule has 0 fully saturated rings. The van der Waals surface area contributed by atoms with Gasteiger partial charge in [0.1, 0.15) is 18.2 Å². The van der Waals surface area contributed by atoms with E-state index in [1.165, 1.54) is 30.0 Å². The van der Waals surface area contributed by atoms with Gasteiger partial charge in [0.15, 0.2) is 0 Å². The zero-order valence-corrected chi connectivity index (χ0v) is 12.1. The standard InChI is InChI=1S/C18H20FNO/c19-18-8-5-13(11-20)9-16(18)12-21-17-7-6-14-3-1-2-4-15(14)10-17/h5-10H,1-4,11-12,20H2. The number of hydrogen-bond donors (Lipinski definition) is 1. The largest absolute Gasteiger partial charge is 0.489 e. The van der Waals surface area contributed by atoms with Crippen molar-refractivity contribution in [3.05, 3.63) is 64.5 Å². The maximum absolute atomic E-state index is 13.8. The third kappa shape index (κ3) is 3.24. The number of nitrogens with two attached hydrogens (primary N) is 1. The van der Waals surface area contributed by atoms with Crippen molar-refractivity contribution in [1.29, 1.82) is 0 Å². The summed E-state index contributed by atoms with van der Waals surface area (Å²) in [4.78, 5) is 0. The quantitative estimate of drug-likeness (QED) is 0.928. The molecule has 2 nitrogen and oxygen atoms in total. The van der Waals surface area contributed by atoms with Gasteiger partial charge in [-0.05, 0) is 66.6 Å². The average molecular weight is 285 g/mol. The normalized spacial score (nSPS) is 13.8. The lowest BCUT2D eigenvalue weighted by molar-refractivity contribution is 0.299.